The predicted octanol–water partition coefficient (Wildman–Crippen LogP) is 6.09. The molecule has 8 heteroatoms. The maximum absolute atomic E-state index is 5.61. The summed E-state index contributed by atoms with van der Waals surface area (Å²) in [7, 11) is 3.28. The van der Waals surface area contributed by atoms with Gasteiger partial charge in [-0.25, -0.2) is 4.98 Å². The third-order valence-electron chi connectivity index (χ3n) is 3.92. The molecule has 0 aliphatic rings. The van der Waals surface area contributed by atoms with Crippen molar-refractivity contribution in [2.45, 2.75) is 0 Å². The normalized spacial score (nSPS) is 11.2. The van der Waals surface area contributed by atoms with Gasteiger partial charge in [0, 0.05) is 17.6 Å². The Morgan fingerprint density at radius 3 is 2.59 bits per heavy atom. The minimum Gasteiger partial charge on any atom is -0.497 e. The van der Waals surface area contributed by atoms with E-state index in [1.54, 1.807) is 31.8 Å². The van der Waals surface area contributed by atoms with Gasteiger partial charge in [0.15, 0.2) is 5.82 Å². The van der Waals surface area contributed by atoms with Gasteiger partial charge in [-0.15, -0.1) is 32.9 Å². The number of thiophene rings is 1. The second-order valence-electron chi connectivity index (χ2n) is 5.44. The summed E-state index contributed by atoms with van der Waals surface area (Å²) in [5.41, 5.74) is 1.88. The van der Waals surface area contributed by atoms with Crippen molar-refractivity contribution >= 4 is 33.6 Å². The fraction of sp³-hybridized carbons (Fsp3) is 0.105. The van der Waals surface area contributed by atoms with Crippen molar-refractivity contribution in [3.63, 3.8) is 0 Å². The molecule has 0 aliphatic heterocycles. The molecule has 3 aromatic heterocycles. The fourth-order valence-corrected chi connectivity index (χ4v) is 3.90. The van der Waals surface area contributed by atoms with E-state index in [2.05, 4.69) is 26.7 Å². The molecule has 3 heterocycles. The molecule has 0 aliphatic carbocycles. The van der Waals surface area contributed by atoms with E-state index in [-0.39, 0.29) is 0 Å². The van der Waals surface area contributed by atoms with Crippen LogP contribution in [0.25, 0.3) is 16.3 Å². The minimum atomic E-state index is 0.613. The molecule has 0 bridgehead atoms. The Labute approximate surface area is 164 Å². The molecule has 0 radical (unpaired) electrons. The summed E-state index contributed by atoms with van der Waals surface area (Å²) in [6, 6.07) is 13.8. The van der Waals surface area contributed by atoms with Gasteiger partial charge in [0.2, 0.25) is 5.13 Å². The van der Waals surface area contributed by atoms with Crippen LogP contribution in [0.4, 0.5) is 10.9 Å². The van der Waals surface area contributed by atoms with Crippen LogP contribution in [0.15, 0.2) is 69.7 Å². The number of aromatic nitrogens is 2. The SMILES string of the molecule is COc1ccc(-n2c(/N=N/c3nccs3)ccc2-c2cccs2)c(OC)c1. The first-order valence-corrected chi connectivity index (χ1v) is 9.85. The summed E-state index contributed by atoms with van der Waals surface area (Å²) in [4.78, 5) is 5.28. The Hall–Kier alpha value is -2.97. The van der Waals surface area contributed by atoms with E-state index in [0.717, 1.165) is 22.0 Å². The topological polar surface area (TPSA) is 61.0 Å². The van der Waals surface area contributed by atoms with E-state index in [4.69, 9.17) is 9.47 Å². The van der Waals surface area contributed by atoms with E-state index in [9.17, 15) is 0 Å². The van der Waals surface area contributed by atoms with Gasteiger partial charge in [-0.05, 0) is 35.7 Å². The molecule has 0 spiro atoms. The summed E-state index contributed by atoms with van der Waals surface area (Å²) in [5.74, 6) is 2.11. The Bertz CT molecular complexity index is 1050. The van der Waals surface area contributed by atoms with Crippen molar-refractivity contribution in [3.05, 3.63) is 59.4 Å². The third-order valence-corrected chi connectivity index (χ3v) is 5.47. The average molecular weight is 396 g/mol. The number of methoxy groups -OCH3 is 2. The quantitative estimate of drug-likeness (QED) is 0.370. The summed E-state index contributed by atoms with van der Waals surface area (Å²) < 4.78 is 13.0. The highest BCUT2D eigenvalue weighted by molar-refractivity contribution is 7.13. The van der Waals surface area contributed by atoms with Crippen molar-refractivity contribution in [2.24, 2.45) is 10.2 Å². The molecule has 0 saturated carbocycles. The van der Waals surface area contributed by atoms with Crippen LogP contribution in [0, 0.1) is 0 Å². The zero-order valence-corrected chi connectivity index (χ0v) is 16.3. The molecule has 27 heavy (non-hydrogen) atoms. The molecule has 0 saturated heterocycles. The van der Waals surface area contributed by atoms with E-state index in [1.165, 1.54) is 11.3 Å². The average Bonchev–Trinajstić information content (AvgIpc) is 3.47. The summed E-state index contributed by atoms with van der Waals surface area (Å²) in [5, 5.41) is 13.2. The standard InChI is InChI=1S/C19H16N4O2S2/c1-24-13-5-6-14(16(12-13)25-2)23-15(17-4-3-10-26-17)7-8-18(23)21-22-19-20-9-11-27-19/h3-12H,1-2H3/b22-21+. The first-order valence-electron chi connectivity index (χ1n) is 8.09. The van der Waals surface area contributed by atoms with E-state index < -0.39 is 0 Å². The second kappa shape index (κ2) is 7.73. The van der Waals surface area contributed by atoms with E-state index >= 15 is 0 Å². The first-order chi connectivity index (χ1) is 13.3. The monoisotopic (exact) mass is 396 g/mol. The first kappa shape index (κ1) is 17.4. The van der Waals surface area contributed by atoms with Crippen molar-refractivity contribution < 1.29 is 9.47 Å². The summed E-state index contributed by atoms with van der Waals surface area (Å²) in [6.45, 7) is 0. The van der Waals surface area contributed by atoms with Gasteiger partial charge in [0.05, 0.1) is 30.5 Å². The lowest BCUT2D eigenvalue weighted by atomic mass is 10.2. The van der Waals surface area contributed by atoms with Crippen molar-refractivity contribution in [1.29, 1.82) is 0 Å². The molecular formula is C19H16N4O2S2. The van der Waals surface area contributed by atoms with Crippen LogP contribution in [0.3, 0.4) is 0 Å². The van der Waals surface area contributed by atoms with Gasteiger partial charge in [0.25, 0.3) is 0 Å². The molecule has 4 aromatic rings. The van der Waals surface area contributed by atoms with Crippen LogP contribution in [0.1, 0.15) is 0 Å². The number of azo groups is 1. The zero-order chi connectivity index (χ0) is 18.6. The third kappa shape index (κ3) is 3.49. The second-order valence-corrected chi connectivity index (χ2v) is 7.26. The number of hydrogen-bond acceptors (Lipinski definition) is 7. The Kier molecular flexibility index (Phi) is 4.99. The molecule has 0 N–H and O–H groups in total. The van der Waals surface area contributed by atoms with Gasteiger partial charge in [-0.3, -0.25) is 4.57 Å². The molecule has 136 valence electrons. The fourth-order valence-electron chi connectivity index (χ4n) is 2.70. The van der Waals surface area contributed by atoms with Gasteiger partial charge in [0.1, 0.15) is 11.5 Å². The molecule has 1 aromatic carbocycles. The number of nitrogens with zero attached hydrogens (tertiary/aromatic N) is 4. The molecule has 0 fully saturated rings. The van der Waals surface area contributed by atoms with Crippen molar-refractivity contribution in [3.8, 4) is 27.8 Å². The zero-order valence-electron chi connectivity index (χ0n) is 14.7. The number of hydrogen-bond donors (Lipinski definition) is 0. The molecule has 4 rings (SSSR count). The van der Waals surface area contributed by atoms with Gasteiger partial charge in [-0.2, -0.15) is 0 Å². The predicted molar refractivity (Wildman–Crippen MR) is 108 cm³/mol. The van der Waals surface area contributed by atoms with Crippen molar-refractivity contribution in [1.82, 2.24) is 9.55 Å². The number of benzene rings is 1. The van der Waals surface area contributed by atoms with Crippen molar-refractivity contribution in [2.75, 3.05) is 14.2 Å². The number of rotatable bonds is 6. The van der Waals surface area contributed by atoms with Crippen LogP contribution in [0.2, 0.25) is 0 Å². The lowest BCUT2D eigenvalue weighted by Gasteiger charge is -2.15. The molecule has 6 nitrogen and oxygen atoms in total. The van der Waals surface area contributed by atoms with Crippen LogP contribution in [0.5, 0.6) is 11.5 Å². The number of thiazole rings is 1. The van der Waals surface area contributed by atoms with Gasteiger partial charge < -0.3 is 9.47 Å². The lowest BCUT2D eigenvalue weighted by molar-refractivity contribution is 0.393. The largest absolute Gasteiger partial charge is 0.497 e. The maximum Gasteiger partial charge on any atom is 0.229 e. The van der Waals surface area contributed by atoms with E-state index in [0.29, 0.717) is 16.7 Å². The molecule has 0 amide bonds. The highest BCUT2D eigenvalue weighted by atomic mass is 32.1. The van der Waals surface area contributed by atoms with Gasteiger partial charge in [-0.1, -0.05) is 6.07 Å². The van der Waals surface area contributed by atoms with Crippen LogP contribution in [-0.2, 0) is 0 Å². The van der Waals surface area contributed by atoms with Crippen LogP contribution < -0.4 is 9.47 Å². The number of ether oxygens (including phenoxy) is 2. The summed E-state index contributed by atoms with van der Waals surface area (Å²) in [6.07, 6.45) is 1.71. The Balaban J connectivity index is 1.88. The van der Waals surface area contributed by atoms with E-state index in [1.807, 2.05) is 46.3 Å². The minimum absolute atomic E-state index is 0.613. The smallest absolute Gasteiger partial charge is 0.229 e. The molecule has 0 atom stereocenters. The molecule has 0 unspecified atom stereocenters. The maximum atomic E-state index is 5.61. The van der Waals surface area contributed by atoms with Crippen LogP contribution in [-0.4, -0.2) is 23.8 Å². The highest BCUT2D eigenvalue weighted by Crippen LogP contribution is 2.38. The Morgan fingerprint density at radius 2 is 1.89 bits per heavy atom. The lowest BCUT2D eigenvalue weighted by Crippen LogP contribution is -1.99. The molecular weight excluding hydrogens is 380 g/mol. The van der Waals surface area contributed by atoms with Crippen LogP contribution >= 0.6 is 22.7 Å². The van der Waals surface area contributed by atoms with Gasteiger partial charge >= 0.3 is 0 Å². The highest BCUT2D eigenvalue weighted by Gasteiger charge is 2.17. The Morgan fingerprint density at radius 1 is 0.963 bits per heavy atom. The summed E-state index contributed by atoms with van der Waals surface area (Å²) >= 11 is 3.11.